The van der Waals surface area contributed by atoms with Gasteiger partial charge in [0.25, 0.3) is 0 Å². The first kappa shape index (κ1) is 11.4. The fourth-order valence-electron chi connectivity index (χ4n) is 2.47. The Morgan fingerprint density at radius 2 is 2.33 bits per heavy atom. The minimum absolute atomic E-state index is 0.291. The molecule has 94 valence electrons. The summed E-state index contributed by atoms with van der Waals surface area (Å²) in [7, 11) is 0. The molecule has 3 nitrogen and oxygen atoms in total. The van der Waals surface area contributed by atoms with E-state index in [9.17, 15) is 4.39 Å². The third-order valence-corrected chi connectivity index (χ3v) is 3.37. The van der Waals surface area contributed by atoms with Gasteiger partial charge in [0.1, 0.15) is 12.0 Å². The second-order valence-electron chi connectivity index (χ2n) is 4.73. The molecule has 0 bridgehead atoms. The molecule has 1 aliphatic rings. The number of nitrogens with one attached hydrogen (secondary N) is 1. The van der Waals surface area contributed by atoms with E-state index in [4.69, 9.17) is 0 Å². The molecule has 1 aliphatic heterocycles. The second-order valence-corrected chi connectivity index (χ2v) is 4.73. The Kier molecular flexibility index (Phi) is 2.88. The molecule has 2 atom stereocenters. The Hall–Kier alpha value is -1.68. The van der Waals surface area contributed by atoms with Crippen molar-refractivity contribution in [1.29, 1.82) is 0 Å². The summed E-state index contributed by atoms with van der Waals surface area (Å²) in [6.07, 6.45) is 3.32. The standard InChI is InChI=1S/C14H16FN3/c1-10-3-2-4-11(9-10)18-8-7-17-14(18)13-12(15)5-6-16-13/h2-4,7-9,12-13,16H,5-6H2,1H3/t12-,13+/m1/s1. The van der Waals surface area contributed by atoms with Crippen LogP contribution in [0.3, 0.4) is 0 Å². The average Bonchev–Trinajstić information content (AvgIpc) is 2.96. The van der Waals surface area contributed by atoms with Gasteiger partial charge < -0.3 is 9.88 Å². The van der Waals surface area contributed by atoms with Gasteiger partial charge in [0.05, 0.1) is 6.04 Å². The first-order valence-corrected chi connectivity index (χ1v) is 6.23. The topological polar surface area (TPSA) is 29.9 Å². The highest BCUT2D eigenvalue weighted by atomic mass is 19.1. The molecule has 1 N–H and O–H groups in total. The zero-order valence-electron chi connectivity index (χ0n) is 10.3. The Balaban J connectivity index is 2.01. The summed E-state index contributed by atoms with van der Waals surface area (Å²) in [5, 5.41) is 3.18. The number of nitrogens with zero attached hydrogens (tertiary/aromatic N) is 2. The van der Waals surface area contributed by atoms with Crippen LogP contribution in [0.5, 0.6) is 0 Å². The molecule has 2 heterocycles. The van der Waals surface area contributed by atoms with E-state index in [1.165, 1.54) is 5.56 Å². The zero-order chi connectivity index (χ0) is 12.5. The fourth-order valence-corrected chi connectivity index (χ4v) is 2.47. The summed E-state index contributed by atoms with van der Waals surface area (Å²) >= 11 is 0. The molecule has 18 heavy (non-hydrogen) atoms. The monoisotopic (exact) mass is 245 g/mol. The lowest BCUT2D eigenvalue weighted by Gasteiger charge is -2.15. The number of alkyl halides is 1. The van der Waals surface area contributed by atoms with E-state index in [0.717, 1.165) is 11.5 Å². The smallest absolute Gasteiger partial charge is 0.133 e. The maximum Gasteiger partial charge on any atom is 0.133 e. The van der Waals surface area contributed by atoms with Crippen molar-refractivity contribution in [1.82, 2.24) is 14.9 Å². The Bertz CT molecular complexity index is 549. The van der Waals surface area contributed by atoms with Gasteiger partial charge in [0.2, 0.25) is 0 Å². The fraction of sp³-hybridized carbons (Fsp3) is 0.357. The highest BCUT2D eigenvalue weighted by molar-refractivity contribution is 5.37. The normalized spacial score (nSPS) is 23.4. The van der Waals surface area contributed by atoms with Gasteiger partial charge in [-0.25, -0.2) is 9.37 Å². The third kappa shape index (κ3) is 1.93. The molecule has 0 aliphatic carbocycles. The van der Waals surface area contributed by atoms with Gasteiger partial charge in [-0.15, -0.1) is 0 Å². The molecule has 0 unspecified atom stereocenters. The van der Waals surface area contributed by atoms with Gasteiger partial charge in [-0.1, -0.05) is 12.1 Å². The van der Waals surface area contributed by atoms with Crippen molar-refractivity contribution in [2.45, 2.75) is 25.6 Å². The van der Waals surface area contributed by atoms with Gasteiger partial charge in [-0.3, -0.25) is 0 Å². The van der Waals surface area contributed by atoms with Crippen LogP contribution in [-0.2, 0) is 0 Å². The number of hydrogen-bond acceptors (Lipinski definition) is 2. The Morgan fingerprint density at radius 3 is 3.06 bits per heavy atom. The summed E-state index contributed by atoms with van der Waals surface area (Å²) in [4.78, 5) is 4.32. The van der Waals surface area contributed by atoms with Gasteiger partial charge in [0.15, 0.2) is 0 Å². The predicted octanol–water partition coefficient (Wildman–Crippen LogP) is 2.55. The van der Waals surface area contributed by atoms with Gasteiger partial charge in [-0.2, -0.15) is 0 Å². The predicted molar refractivity (Wildman–Crippen MR) is 68.6 cm³/mol. The van der Waals surface area contributed by atoms with Crippen molar-refractivity contribution >= 4 is 0 Å². The number of aromatic nitrogens is 2. The SMILES string of the molecule is Cc1cccc(-n2ccnc2[C@H]2NCC[C@H]2F)c1. The number of halogens is 1. The lowest BCUT2D eigenvalue weighted by molar-refractivity contribution is 0.296. The van der Waals surface area contributed by atoms with Crippen LogP contribution in [0.25, 0.3) is 5.69 Å². The molecule has 0 spiro atoms. The molecule has 0 saturated carbocycles. The number of benzene rings is 1. The summed E-state index contributed by atoms with van der Waals surface area (Å²) in [5.74, 6) is 0.755. The molecular formula is C14H16FN3. The van der Waals surface area contributed by atoms with E-state index in [2.05, 4.69) is 16.4 Å². The largest absolute Gasteiger partial charge is 0.305 e. The number of aryl methyl sites for hydroxylation is 1. The highest BCUT2D eigenvalue weighted by Crippen LogP contribution is 2.27. The van der Waals surface area contributed by atoms with Crippen LogP contribution in [0.15, 0.2) is 36.7 Å². The second kappa shape index (κ2) is 4.53. The van der Waals surface area contributed by atoms with Crippen LogP contribution >= 0.6 is 0 Å². The van der Waals surface area contributed by atoms with Gasteiger partial charge in [0, 0.05) is 18.1 Å². The molecule has 1 fully saturated rings. The zero-order valence-corrected chi connectivity index (χ0v) is 10.3. The summed E-state index contributed by atoms with van der Waals surface area (Å²) in [6.45, 7) is 2.76. The van der Waals surface area contributed by atoms with E-state index >= 15 is 0 Å². The van der Waals surface area contributed by atoms with Gasteiger partial charge >= 0.3 is 0 Å². The lowest BCUT2D eigenvalue weighted by Crippen LogP contribution is -2.22. The molecular weight excluding hydrogens is 229 g/mol. The van der Waals surface area contributed by atoms with E-state index in [-0.39, 0.29) is 6.04 Å². The number of rotatable bonds is 2. The summed E-state index contributed by atoms with van der Waals surface area (Å²) < 4.78 is 15.8. The first-order chi connectivity index (χ1) is 8.75. The number of hydrogen-bond donors (Lipinski definition) is 1. The van der Waals surface area contributed by atoms with Crippen molar-refractivity contribution in [3.8, 4) is 5.69 Å². The van der Waals surface area contributed by atoms with Gasteiger partial charge in [-0.05, 0) is 37.6 Å². The van der Waals surface area contributed by atoms with Crippen molar-refractivity contribution in [3.05, 3.63) is 48.0 Å². The average molecular weight is 245 g/mol. The molecule has 1 aromatic carbocycles. The first-order valence-electron chi connectivity index (χ1n) is 6.23. The van der Waals surface area contributed by atoms with Crippen LogP contribution in [0, 0.1) is 6.92 Å². The molecule has 0 radical (unpaired) electrons. The lowest BCUT2D eigenvalue weighted by atomic mass is 10.1. The van der Waals surface area contributed by atoms with Crippen LogP contribution in [0.4, 0.5) is 4.39 Å². The minimum atomic E-state index is -0.851. The van der Waals surface area contributed by atoms with E-state index in [0.29, 0.717) is 13.0 Å². The summed E-state index contributed by atoms with van der Waals surface area (Å²) in [6, 6.07) is 7.85. The van der Waals surface area contributed by atoms with Crippen LogP contribution in [0.2, 0.25) is 0 Å². The van der Waals surface area contributed by atoms with Crippen molar-refractivity contribution in [2.24, 2.45) is 0 Å². The Morgan fingerprint density at radius 1 is 1.44 bits per heavy atom. The quantitative estimate of drug-likeness (QED) is 0.881. The van der Waals surface area contributed by atoms with E-state index < -0.39 is 6.17 Å². The van der Waals surface area contributed by atoms with E-state index in [1.54, 1.807) is 6.20 Å². The van der Waals surface area contributed by atoms with Crippen LogP contribution < -0.4 is 5.32 Å². The molecule has 0 amide bonds. The molecule has 3 rings (SSSR count). The van der Waals surface area contributed by atoms with Crippen LogP contribution in [-0.4, -0.2) is 22.3 Å². The highest BCUT2D eigenvalue weighted by Gasteiger charge is 2.31. The molecule has 2 aromatic rings. The van der Waals surface area contributed by atoms with Crippen molar-refractivity contribution in [3.63, 3.8) is 0 Å². The minimum Gasteiger partial charge on any atom is -0.305 e. The summed E-state index contributed by atoms with van der Waals surface area (Å²) in [5.41, 5.74) is 2.21. The third-order valence-electron chi connectivity index (χ3n) is 3.37. The molecule has 4 heteroatoms. The van der Waals surface area contributed by atoms with Crippen LogP contribution in [0.1, 0.15) is 23.9 Å². The maximum atomic E-state index is 13.8. The van der Waals surface area contributed by atoms with Crippen molar-refractivity contribution < 1.29 is 4.39 Å². The van der Waals surface area contributed by atoms with Crippen molar-refractivity contribution in [2.75, 3.05) is 6.54 Å². The van der Waals surface area contributed by atoms with E-state index in [1.807, 2.05) is 35.9 Å². The maximum absolute atomic E-state index is 13.8. The number of imidazole rings is 1. The Labute approximate surface area is 106 Å². The molecule has 1 saturated heterocycles. The molecule has 1 aromatic heterocycles.